The SMILES string of the molecule is CNC(=O)[C@H]1[C@@H]2SC3(CC2Br)C(C(=O)NCCN2CCOCC2)N(CCCO)C(=O)[C@H]13. The van der Waals surface area contributed by atoms with Crippen LogP contribution in [0.15, 0.2) is 0 Å². The van der Waals surface area contributed by atoms with Gasteiger partial charge in [-0.1, -0.05) is 15.9 Å². The zero-order valence-corrected chi connectivity index (χ0v) is 20.1. The fraction of sp³-hybridized carbons (Fsp3) is 0.850. The Morgan fingerprint density at radius 1 is 1.29 bits per heavy atom. The lowest BCUT2D eigenvalue weighted by Crippen LogP contribution is -2.55. The smallest absolute Gasteiger partial charge is 0.244 e. The molecule has 4 fully saturated rings. The third kappa shape index (κ3) is 4.01. The number of aliphatic hydroxyl groups excluding tert-OH is 1. The molecule has 0 saturated carbocycles. The third-order valence-electron chi connectivity index (χ3n) is 6.97. The molecule has 3 amide bonds. The molecule has 3 N–H and O–H groups in total. The second-order valence-corrected chi connectivity index (χ2v) is 11.3. The number of alkyl halides is 1. The number of ether oxygens (including phenoxy) is 1. The summed E-state index contributed by atoms with van der Waals surface area (Å²) >= 11 is 5.35. The second-order valence-electron chi connectivity index (χ2n) is 8.63. The van der Waals surface area contributed by atoms with E-state index in [0.717, 1.165) is 19.6 Å². The summed E-state index contributed by atoms with van der Waals surface area (Å²) in [6.07, 6.45) is 1.08. The minimum Gasteiger partial charge on any atom is -0.396 e. The van der Waals surface area contributed by atoms with E-state index in [9.17, 15) is 19.5 Å². The minimum absolute atomic E-state index is 0.0301. The van der Waals surface area contributed by atoms with Crippen molar-refractivity contribution in [1.29, 1.82) is 0 Å². The Labute approximate surface area is 195 Å². The van der Waals surface area contributed by atoms with Crippen molar-refractivity contribution in [3.8, 4) is 0 Å². The van der Waals surface area contributed by atoms with Crippen molar-refractivity contribution in [3.05, 3.63) is 0 Å². The first-order chi connectivity index (χ1) is 14.9. The van der Waals surface area contributed by atoms with Gasteiger partial charge in [0.15, 0.2) is 0 Å². The van der Waals surface area contributed by atoms with Crippen LogP contribution in [0.25, 0.3) is 0 Å². The van der Waals surface area contributed by atoms with Gasteiger partial charge in [-0.3, -0.25) is 19.3 Å². The van der Waals surface area contributed by atoms with Crippen molar-refractivity contribution in [2.75, 3.05) is 59.6 Å². The summed E-state index contributed by atoms with van der Waals surface area (Å²) in [5, 5.41) is 15.1. The Morgan fingerprint density at radius 2 is 2.03 bits per heavy atom. The first-order valence-corrected chi connectivity index (χ1v) is 12.8. The summed E-state index contributed by atoms with van der Waals surface area (Å²) < 4.78 is 4.75. The largest absolute Gasteiger partial charge is 0.396 e. The molecule has 9 nitrogen and oxygen atoms in total. The quantitative estimate of drug-likeness (QED) is 0.354. The number of hydrogen-bond donors (Lipinski definition) is 3. The number of carbonyl (C=O) groups is 3. The number of halogens is 1. The molecule has 4 aliphatic heterocycles. The van der Waals surface area contributed by atoms with Gasteiger partial charge in [-0.05, 0) is 12.8 Å². The Hall–Kier alpha value is -0.880. The number of nitrogens with one attached hydrogen (secondary N) is 2. The van der Waals surface area contributed by atoms with Crippen LogP contribution in [0.3, 0.4) is 0 Å². The van der Waals surface area contributed by atoms with E-state index in [4.69, 9.17) is 4.74 Å². The summed E-state index contributed by atoms with van der Waals surface area (Å²) in [7, 11) is 1.59. The number of thioether (sulfide) groups is 1. The standard InChI is InChI=1S/C20H31BrN4O5S/c1-22-17(27)13-14-19(29)25(4-2-8-26)16(20(14)11-12(21)15(13)31-20)18(28)23-3-5-24-6-9-30-10-7-24/h12-16,26H,2-11H2,1H3,(H,22,27)(H,23,28)/t12?,13-,14+,15-,16?,20?/m1/s1. The van der Waals surface area contributed by atoms with Gasteiger partial charge < -0.3 is 25.4 Å². The van der Waals surface area contributed by atoms with Gasteiger partial charge in [0, 0.05) is 56.5 Å². The van der Waals surface area contributed by atoms with E-state index < -0.39 is 22.6 Å². The van der Waals surface area contributed by atoms with Crippen LogP contribution in [0.1, 0.15) is 12.8 Å². The maximum absolute atomic E-state index is 13.5. The van der Waals surface area contributed by atoms with Gasteiger partial charge in [-0.25, -0.2) is 0 Å². The van der Waals surface area contributed by atoms with Gasteiger partial charge >= 0.3 is 0 Å². The highest BCUT2D eigenvalue weighted by atomic mass is 79.9. The lowest BCUT2D eigenvalue weighted by atomic mass is 9.70. The Bertz CT molecular complexity index is 724. The molecule has 0 aromatic rings. The number of nitrogens with zero attached hydrogens (tertiary/aromatic N) is 2. The Kier molecular flexibility index (Phi) is 7.17. The number of fused-ring (bicyclic) bond motifs is 1. The number of rotatable bonds is 8. The van der Waals surface area contributed by atoms with Crippen LogP contribution in [0.2, 0.25) is 0 Å². The van der Waals surface area contributed by atoms with Gasteiger partial charge in [0.1, 0.15) is 6.04 Å². The van der Waals surface area contributed by atoms with Crippen molar-refractivity contribution in [2.24, 2.45) is 11.8 Å². The lowest BCUT2D eigenvalue weighted by Gasteiger charge is -2.35. The highest BCUT2D eigenvalue weighted by molar-refractivity contribution is 9.09. The predicted octanol–water partition coefficient (Wildman–Crippen LogP) is -0.972. The zero-order chi connectivity index (χ0) is 22.2. The maximum Gasteiger partial charge on any atom is 0.244 e. The molecular weight excluding hydrogens is 488 g/mol. The Balaban J connectivity index is 1.54. The highest BCUT2D eigenvalue weighted by Gasteiger charge is 2.75. The molecule has 1 spiro atoms. The predicted molar refractivity (Wildman–Crippen MR) is 120 cm³/mol. The molecule has 31 heavy (non-hydrogen) atoms. The van der Waals surface area contributed by atoms with E-state index in [1.165, 1.54) is 0 Å². The van der Waals surface area contributed by atoms with Crippen LogP contribution in [-0.4, -0.2) is 113 Å². The van der Waals surface area contributed by atoms with Gasteiger partial charge in [0.05, 0.1) is 29.8 Å². The molecule has 4 saturated heterocycles. The number of morpholine rings is 1. The van der Waals surface area contributed by atoms with Crippen molar-refractivity contribution in [1.82, 2.24) is 20.4 Å². The zero-order valence-electron chi connectivity index (χ0n) is 17.7. The summed E-state index contributed by atoms with van der Waals surface area (Å²) in [5.74, 6) is -1.40. The third-order valence-corrected chi connectivity index (χ3v) is 10.2. The van der Waals surface area contributed by atoms with Crippen molar-refractivity contribution >= 4 is 45.4 Å². The average molecular weight is 519 g/mol. The van der Waals surface area contributed by atoms with Crippen LogP contribution in [0, 0.1) is 11.8 Å². The van der Waals surface area contributed by atoms with Crippen molar-refractivity contribution in [2.45, 2.75) is 33.7 Å². The Morgan fingerprint density at radius 3 is 2.71 bits per heavy atom. The van der Waals surface area contributed by atoms with Gasteiger partial charge in [-0.2, -0.15) is 0 Å². The normalized spacial score (nSPS) is 37.2. The van der Waals surface area contributed by atoms with Gasteiger partial charge in [0.25, 0.3) is 0 Å². The van der Waals surface area contributed by atoms with E-state index in [1.807, 2.05) is 0 Å². The van der Waals surface area contributed by atoms with E-state index in [0.29, 0.717) is 39.1 Å². The molecule has 4 heterocycles. The van der Waals surface area contributed by atoms with Crippen LogP contribution in [0.5, 0.6) is 0 Å². The summed E-state index contributed by atoms with van der Waals surface area (Å²) in [4.78, 5) is 43.6. The van der Waals surface area contributed by atoms with E-state index in [1.54, 1.807) is 23.7 Å². The average Bonchev–Trinajstić information content (AvgIpc) is 3.35. The fourth-order valence-corrected chi connectivity index (χ4v) is 9.25. The molecule has 0 aromatic heterocycles. The molecule has 174 valence electrons. The number of likely N-dealkylation sites (tertiary alicyclic amines) is 1. The topological polar surface area (TPSA) is 111 Å². The molecule has 0 radical (unpaired) electrons. The number of carbonyl (C=O) groups excluding carboxylic acids is 3. The molecule has 6 atom stereocenters. The highest BCUT2D eigenvalue weighted by Crippen LogP contribution is 2.67. The first-order valence-electron chi connectivity index (χ1n) is 11.0. The van der Waals surface area contributed by atoms with E-state index >= 15 is 0 Å². The molecule has 4 aliphatic rings. The summed E-state index contributed by atoms with van der Waals surface area (Å²) in [5.41, 5.74) is 0. The fourth-order valence-electron chi connectivity index (χ4n) is 5.64. The molecule has 11 heteroatoms. The number of hydrogen-bond acceptors (Lipinski definition) is 7. The molecule has 3 unspecified atom stereocenters. The van der Waals surface area contributed by atoms with E-state index in [-0.39, 0.29) is 34.4 Å². The number of amides is 3. The van der Waals surface area contributed by atoms with Crippen LogP contribution >= 0.6 is 27.7 Å². The van der Waals surface area contributed by atoms with Crippen molar-refractivity contribution in [3.63, 3.8) is 0 Å². The van der Waals surface area contributed by atoms with Crippen LogP contribution in [-0.2, 0) is 19.1 Å². The molecule has 0 aromatic carbocycles. The second kappa shape index (κ2) is 9.54. The summed E-state index contributed by atoms with van der Waals surface area (Å²) in [6, 6.07) is -0.633. The monoisotopic (exact) mass is 518 g/mol. The molecular formula is C20H31BrN4O5S. The molecule has 4 rings (SSSR count). The van der Waals surface area contributed by atoms with Crippen molar-refractivity contribution < 1.29 is 24.2 Å². The lowest BCUT2D eigenvalue weighted by molar-refractivity contribution is -0.140. The van der Waals surface area contributed by atoms with Gasteiger partial charge in [-0.15, -0.1) is 11.8 Å². The minimum atomic E-state index is -0.633. The maximum atomic E-state index is 13.5. The van der Waals surface area contributed by atoms with Crippen LogP contribution in [0.4, 0.5) is 0 Å². The molecule has 0 aliphatic carbocycles. The summed E-state index contributed by atoms with van der Waals surface area (Å²) in [6.45, 7) is 4.61. The van der Waals surface area contributed by atoms with Gasteiger partial charge in [0.2, 0.25) is 17.7 Å². The van der Waals surface area contributed by atoms with E-state index in [2.05, 4.69) is 31.5 Å². The number of aliphatic hydroxyl groups is 1. The molecule has 2 bridgehead atoms. The van der Waals surface area contributed by atoms with Crippen LogP contribution < -0.4 is 10.6 Å². The first kappa shape index (κ1) is 23.3.